The Hall–Kier alpha value is -2.70. The molecule has 3 heterocycles. The first-order valence-electron chi connectivity index (χ1n) is 15.5. The zero-order valence-electron chi connectivity index (χ0n) is 23.8. The van der Waals surface area contributed by atoms with E-state index >= 15 is 0 Å². The van der Waals surface area contributed by atoms with Gasteiger partial charge in [0.2, 0.25) is 11.9 Å². The van der Waals surface area contributed by atoms with E-state index < -0.39 is 23.8 Å². The van der Waals surface area contributed by atoms with Crippen LogP contribution >= 0.6 is 0 Å². The lowest BCUT2D eigenvalue weighted by Gasteiger charge is -2.47. The number of benzene rings is 2. The van der Waals surface area contributed by atoms with Gasteiger partial charge in [0.1, 0.15) is 6.10 Å². The molecule has 4 aliphatic rings. The molecular weight excluding hydrogens is 502 g/mol. The fraction of sp³-hybridized carbons (Fsp3) is 0.588. The van der Waals surface area contributed by atoms with Gasteiger partial charge in [0.15, 0.2) is 0 Å². The van der Waals surface area contributed by atoms with Gasteiger partial charge in [0.25, 0.3) is 0 Å². The Morgan fingerprint density at radius 1 is 0.775 bits per heavy atom. The minimum absolute atomic E-state index is 0.0299. The lowest BCUT2D eigenvalue weighted by molar-refractivity contribution is -0.956. The van der Waals surface area contributed by atoms with Crippen LogP contribution in [0.3, 0.4) is 0 Å². The number of carbonyl (C=O) groups excluding carboxylic acids is 2. The third-order valence-electron chi connectivity index (χ3n) is 10.3. The first-order chi connectivity index (χ1) is 19.5. The predicted octanol–water partition coefficient (Wildman–Crippen LogP) is 6.26. The van der Waals surface area contributed by atoms with E-state index in [4.69, 9.17) is 14.2 Å². The molecule has 6 heteroatoms. The molecule has 3 atom stereocenters. The van der Waals surface area contributed by atoms with Crippen LogP contribution in [0.5, 0.6) is 0 Å². The topological polar surface area (TPSA) is 61.8 Å². The zero-order valence-corrected chi connectivity index (χ0v) is 23.8. The normalized spacial score (nSPS) is 26.9. The highest BCUT2D eigenvalue weighted by Gasteiger charge is 2.57. The van der Waals surface area contributed by atoms with Crippen molar-refractivity contribution in [2.75, 3.05) is 13.1 Å². The summed E-state index contributed by atoms with van der Waals surface area (Å²) in [5, 5.41) is 0. The van der Waals surface area contributed by atoms with E-state index in [0.717, 1.165) is 44.9 Å². The molecule has 2 aromatic carbocycles. The van der Waals surface area contributed by atoms with E-state index in [-0.39, 0.29) is 12.0 Å². The van der Waals surface area contributed by atoms with E-state index in [1.807, 2.05) is 60.7 Å². The Morgan fingerprint density at radius 3 is 1.85 bits per heavy atom. The maximum atomic E-state index is 14.7. The highest BCUT2D eigenvalue weighted by molar-refractivity contribution is 5.86. The van der Waals surface area contributed by atoms with Crippen molar-refractivity contribution in [2.24, 2.45) is 5.92 Å². The van der Waals surface area contributed by atoms with Gasteiger partial charge in [-0.05, 0) is 24.0 Å². The Labute approximate surface area is 238 Å². The minimum atomic E-state index is -1.55. The third-order valence-corrected chi connectivity index (χ3v) is 10.3. The van der Waals surface area contributed by atoms with Crippen molar-refractivity contribution in [1.29, 1.82) is 0 Å². The zero-order chi connectivity index (χ0) is 27.6. The summed E-state index contributed by atoms with van der Waals surface area (Å²) >= 11 is 0. The Morgan fingerprint density at radius 2 is 1.32 bits per heavy atom. The predicted molar refractivity (Wildman–Crippen MR) is 152 cm³/mol. The van der Waals surface area contributed by atoms with Gasteiger partial charge in [0.05, 0.1) is 25.2 Å². The summed E-state index contributed by atoms with van der Waals surface area (Å²) in [7, 11) is 0. The quantitative estimate of drug-likeness (QED) is 0.222. The van der Waals surface area contributed by atoms with E-state index in [1.54, 1.807) is 0 Å². The third kappa shape index (κ3) is 5.09. The van der Waals surface area contributed by atoms with Gasteiger partial charge in [-0.1, -0.05) is 79.9 Å². The van der Waals surface area contributed by atoms with Crippen LogP contribution in [-0.2, 0) is 29.4 Å². The van der Waals surface area contributed by atoms with Crippen molar-refractivity contribution >= 4 is 11.9 Å². The van der Waals surface area contributed by atoms with Crippen LogP contribution < -0.4 is 0 Å². The average Bonchev–Trinajstić information content (AvgIpc) is 3.53. The van der Waals surface area contributed by atoms with Gasteiger partial charge in [-0.3, -0.25) is 4.79 Å². The van der Waals surface area contributed by atoms with Crippen molar-refractivity contribution in [2.45, 2.75) is 108 Å². The van der Waals surface area contributed by atoms with Crippen LogP contribution in [0, 0.1) is 5.92 Å². The van der Waals surface area contributed by atoms with Gasteiger partial charge in [-0.25, -0.2) is 4.79 Å². The van der Waals surface area contributed by atoms with E-state index in [9.17, 15) is 9.59 Å². The maximum absolute atomic E-state index is 14.7. The number of ether oxygens (including phenoxy) is 3. The molecule has 2 aromatic rings. The Bertz CT molecular complexity index is 1100. The SMILES string of the molecule is CC(=O)OC(OC(C(=O)OC1CC2CCC(C1)[N+]21CCCC1)(c1ccccc1)c1ccccc1)C1CCCCC1. The molecular formula is C34H44NO5+. The molecule has 0 radical (unpaired) electrons. The van der Waals surface area contributed by atoms with Crippen LogP contribution in [0.2, 0.25) is 0 Å². The summed E-state index contributed by atoms with van der Waals surface area (Å²) in [4.78, 5) is 27.0. The molecule has 1 aliphatic carbocycles. The molecule has 1 spiro atoms. The molecule has 3 unspecified atom stereocenters. The van der Waals surface area contributed by atoms with Crippen molar-refractivity contribution in [3.63, 3.8) is 0 Å². The average molecular weight is 547 g/mol. The van der Waals surface area contributed by atoms with Gasteiger partial charge < -0.3 is 18.7 Å². The fourth-order valence-corrected chi connectivity index (χ4v) is 8.43. The lowest BCUT2D eigenvalue weighted by atomic mass is 9.84. The standard InChI is InChI=1S/C34H44NO5/c1-25(36)38-32(26-13-5-2-6-14-26)40-34(27-15-7-3-8-16-27,28-17-9-4-10-18-28)33(37)39-31-23-29-19-20-30(24-31)35(29)21-11-12-22-35/h3-4,7-10,15-18,26,29-32H,2,5-6,11-14,19-24H2,1H3/q+1. The minimum Gasteiger partial charge on any atom is -0.459 e. The molecule has 6 nitrogen and oxygen atoms in total. The van der Waals surface area contributed by atoms with E-state index in [2.05, 4.69) is 0 Å². The van der Waals surface area contributed by atoms with Crippen molar-refractivity contribution in [1.82, 2.24) is 0 Å². The summed E-state index contributed by atoms with van der Waals surface area (Å²) in [6, 6.07) is 20.4. The van der Waals surface area contributed by atoms with Crippen molar-refractivity contribution < 1.29 is 28.3 Å². The van der Waals surface area contributed by atoms with Gasteiger partial charge in [-0.15, -0.1) is 0 Å². The molecule has 214 valence electrons. The molecule has 4 fully saturated rings. The van der Waals surface area contributed by atoms with Crippen molar-refractivity contribution in [3.8, 4) is 0 Å². The number of piperidine rings is 1. The van der Waals surface area contributed by atoms with Crippen molar-refractivity contribution in [3.05, 3.63) is 71.8 Å². The monoisotopic (exact) mass is 546 g/mol. The van der Waals surface area contributed by atoms with Gasteiger partial charge >= 0.3 is 11.9 Å². The second-order valence-corrected chi connectivity index (χ2v) is 12.5. The summed E-state index contributed by atoms with van der Waals surface area (Å²) in [5.74, 6) is -0.776. The van der Waals surface area contributed by atoms with Crippen LogP contribution in [0.1, 0.15) is 88.7 Å². The highest BCUT2D eigenvalue weighted by Crippen LogP contribution is 2.47. The summed E-state index contributed by atoms with van der Waals surface area (Å²) in [6.45, 7) is 3.98. The second-order valence-electron chi connectivity index (χ2n) is 12.5. The molecule has 40 heavy (non-hydrogen) atoms. The number of quaternary nitrogens is 1. The lowest BCUT2D eigenvalue weighted by Crippen LogP contribution is -2.60. The first-order valence-corrected chi connectivity index (χ1v) is 15.5. The van der Waals surface area contributed by atoms with E-state index in [0.29, 0.717) is 23.2 Å². The number of carbonyl (C=O) groups is 2. The maximum Gasteiger partial charge on any atom is 0.348 e. The van der Waals surface area contributed by atoms with Gasteiger partial charge in [0, 0.05) is 51.4 Å². The Kier molecular flexibility index (Phi) is 8.00. The van der Waals surface area contributed by atoms with Crippen LogP contribution in [-0.4, -0.2) is 54.0 Å². The summed E-state index contributed by atoms with van der Waals surface area (Å²) in [6.07, 6.45) is 11.0. The summed E-state index contributed by atoms with van der Waals surface area (Å²) < 4.78 is 20.6. The fourth-order valence-electron chi connectivity index (χ4n) is 8.43. The number of nitrogens with zero attached hydrogens (tertiary/aromatic N) is 1. The molecule has 0 N–H and O–H groups in total. The number of hydrogen-bond donors (Lipinski definition) is 0. The molecule has 2 bridgehead atoms. The number of esters is 2. The van der Waals surface area contributed by atoms with E-state index in [1.165, 1.54) is 50.2 Å². The molecule has 3 saturated heterocycles. The second kappa shape index (κ2) is 11.7. The molecule has 3 aliphatic heterocycles. The van der Waals surface area contributed by atoms with Crippen LogP contribution in [0.4, 0.5) is 0 Å². The Balaban J connectivity index is 1.36. The smallest absolute Gasteiger partial charge is 0.348 e. The number of hydrogen-bond acceptors (Lipinski definition) is 5. The van der Waals surface area contributed by atoms with Gasteiger partial charge in [-0.2, -0.15) is 0 Å². The first kappa shape index (κ1) is 27.5. The highest BCUT2D eigenvalue weighted by atomic mass is 16.7. The summed E-state index contributed by atoms with van der Waals surface area (Å²) in [5.41, 5.74) is -0.154. The van der Waals surface area contributed by atoms with Crippen LogP contribution in [0.15, 0.2) is 60.7 Å². The molecule has 1 saturated carbocycles. The molecule has 0 aromatic heterocycles. The van der Waals surface area contributed by atoms with Crippen LogP contribution in [0.25, 0.3) is 0 Å². The molecule has 0 amide bonds. The largest absolute Gasteiger partial charge is 0.459 e. The number of rotatable bonds is 8. The molecule has 6 rings (SSSR count).